The van der Waals surface area contributed by atoms with E-state index in [-0.39, 0.29) is 17.8 Å². The molecule has 21 heavy (non-hydrogen) atoms. The number of rotatable bonds is 4. The van der Waals surface area contributed by atoms with E-state index in [1.54, 1.807) is 24.3 Å². The van der Waals surface area contributed by atoms with E-state index in [9.17, 15) is 9.18 Å². The second-order valence-electron chi connectivity index (χ2n) is 4.94. The molecule has 0 saturated heterocycles. The summed E-state index contributed by atoms with van der Waals surface area (Å²) in [5.74, 6) is -0.549. The lowest BCUT2D eigenvalue weighted by molar-refractivity contribution is 0.0941. The number of nitrogens with two attached hydrogens (primary N) is 1. The van der Waals surface area contributed by atoms with Crippen molar-refractivity contribution in [3.8, 4) is 0 Å². The molecule has 5 heteroatoms. The van der Waals surface area contributed by atoms with Gasteiger partial charge in [0.15, 0.2) is 0 Å². The summed E-state index contributed by atoms with van der Waals surface area (Å²) >= 11 is 5.87. The molecule has 2 aromatic carbocycles. The Labute approximate surface area is 127 Å². The first-order chi connectivity index (χ1) is 9.95. The van der Waals surface area contributed by atoms with Crippen LogP contribution in [0.3, 0.4) is 0 Å². The van der Waals surface area contributed by atoms with Crippen molar-refractivity contribution in [3.63, 3.8) is 0 Å². The molecule has 1 unspecified atom stereocenters. The zero-order chi connectivity index (χ0) is 15.4. The number of halogens is 2. The highest BCUT2D eigenvalue weighted by Gasteiger charge is 2.13. The van der Waals surface area contributed by atoms with Gasteiger partial charge < -0.3 is 11.1 Å². The summed E-state index contributed by atoms with van der Waals surface area (Å²) in [6, 6.07) is 10.9. The van der Waals surface area contributed by atoms with Crippen LogP contribution >= 0.6 is 11.6 Å². The Bertz CT molecular complexity index is 643. The van der Waals surface area contributed by atoms with E-state index in [0.29, 0.717) is 22.7 Å². The molecule has 0 heterocycles. The van der Waals surface area contributed by atoms with Gasteiger partial charge in [-0.05, 0) is 49.2 Å². The van der Waals surface area contributed by atoms with Crippen molar-refractivity contribution in [2.45, 2.75) is 19.4 Å². The van der Waals surface area contributed by atoms with Crippen LogP contribution in [0.15, 0.2) is 42.5 Å². The van der Waals surface area contributed by atoms with Gasteiger partial charge in [-0.25, -0.2) is 4.39 Å². The number of carbonyl (C=O) groups is 1. The largest absolute Gasteiger partial charge is 0.398 e. The van der Waals surface area contributed by atoms with Crippen molar-refractivity contribution >= 4 is 23.2 Å². The van der Waals surface area contributed by atoms with Gasteiger partial charge in [0.25, 0.3) is 5.91 Å². The first-order valence-electron chi connectivity index (χ1n) is 6.56. The molecule has 0 bridgehead atoms. The average molecular weight is 307 g/mol. The van der Waals surface area contributed by atoms with E-state index in [0.717, 1.165) is 5.56 Å². The maximum absolute atomic E-state index is 12.8. The molecule has 110 valence electrons. The molecule has 0 aromatic heterocycles. The molecule has 2 aromatic rings. The highest BCUT2D eigenvalue weighted by atomic mass is 35.5. The highest BCUT2D eigenvalue weighted by Crippen LogP contribution is 2.18. The molecular weight excluding hydrogens is 291 g/mol. The lowest BCUT2D eigenvalue weighted by atomic mass is 10.1. The Kier molecular flexibility index (Phi) is 4.81. The van der Waals surface area contributed by atoms with E-state index >= 15 is 0 Å². The zero-order valence-electron chi connectivity index (χ0n) is 11.6. The Morgan fingerprint density at radius 2 is 1.95 bits per heavy atom. The SMILES string of the molecule is CC(Cc1ccc(F)cc1)NC(=O)c1cc(Cl)ccc1N. The molecule has 0 fully saturated rings. The van der Waals surface area contributed by atoms with Crippen LogP contribution in [0.1, 0.15) is 22.8 Å². The van der Waals surface area contributed by atoms with Gasteiger partial charge in [0.2, 0.25) is 0 Å². The monoisotopic (exact) mass is 306 g/mol. The summed E-state index contributed by atoms with van der Waals surface area (Å²) in [6.45, 7) is 1.88. The van der Waals surface area contributed by atoms with Gasteiger partial charge in [0.1, 0.15) is 5.82 Å². The molecule has 0 aliphatic rings. The molecule has 1 atom stereocenters. The van der Waals surface area contributed by atoms with Crippen molar-refractivity contribution < 1.29 is 9.18 Å². The molecule has 0 saturated carbocycles. The van der Waals surface area contributed by atoms with Gasteiger partial charge in [-0.3, -0.25) is 4.79 Å². The smallest absolute Gasteiger partial charge is 0.253 e. The second-order valence-corrected chi connectivity index (χ2v) is 5.37. The summed E-state index contributed by atoms with van der Waals surface area (Å²) in [5, 5.41) is 3.31. The normalized spacial score (nSPS) is 12.0. The summed E-state index contributed by atoms with van der Waals surface area (Å²) < 4.78 is 12.8. The minimum absolute atomic E-state index is 0.110. The molecule has 0 radical (unpaired) electrons. The average Bonchev–Trinajstić information content (AvgIpc) is 2.44. The van der Waals surface area contributed by atoms with Gasteiger partial charge in [-0.1, -0.05) is 23.7 Å². The van der Waals surface area contributed by atoms with Crippen molar-refractivity contribution in [3.05, 3.63) is 64.4 Å². The third kappa shape index (κ3) is 4.20. The molecule has 0 spiro atoms. The van der Waals surface area contributed by atoms with E-state index in [4.69, 9.17) is 17.3 Å². The first kappa shape index (κ1) is 15.3. The Morgan fingerprint density at radius 3 is 2.62 bits per heavy atom. The van der Waals surface area contributed by atoms with Crippen LogP contribution in [0.25, 0.3) is 0 Å². The Morgan fingerprint density at radius 1 is 1.29 bits per heavy atom. The molecular formula is C16H16ClFN2O. The third-order valence-electron chi connectivity index (χ3n) is 3.09. The maximum Gasteiger partial charge on any atom is 0.253 e. The van der Waals surface area contributed by atoms with Crippen molar-refractivity contribution in [2.75, 3.05) is 5.73 Å². The lowest BCUT2D eigenvalue weighted by Crippen LogP contribution is -2.34. The van der Waals surface area contributed by atoms with Crippen molar-refractivity contribution in [1.82, 2.24) is 5.32 Å². The first-order valence-corrected chi connectivity index (χ1v) is 6.94. The fraction of sp³-hybridized carbons (Fsp3) is 0.188. The zero-order valence-corrected chi connectivity index (χ0v) is 12.3. The van der Waals surface area contributed by atoms with E-state index in [2.05, 4.69) is 5.32 Å². The van der Waals surface area contributed by atoms with Crippen molar-refractivity contribution in [1.29, 1.82) is 0 Å². The topological polar surface area (TPSA) is 55.1 Å². The summed E-state index contributed by atoms with van der Waals surface area (Å²) in [6.07, 6.45) is 0.604. The number of benzene rings is 2. The van der Waals surface area contributed by atoms with Crippen LogP contribution in [0.4, 0.5) is 10.1 Å². The molecule has 0 aliphatic carbocycles. The number of anilines is 1. The predicted molar refractivity (Wildman–Crippen MR) is 82.9 cm³/mol. The van der Waals surface area contributed by atoms with Crippen LogP contribution in [0, 0.1) is 5.82 Å². The lowest BCUT2D eigenvalue weighted by Gasteiger charge is -2.15. The van der Waals surface area contributed by atoms with Crippen LogP contribution < -0.4 is 11.1 Å². The second kappa shape index (κ2) is 6.59. The summed E-state index contributed by atoms with van der Waals surface area (Å²) in [7, 11) is 0. The highest BCUT2D eigenvalue weighted by molar-refractivity contribution is 6.31. The van der Waals surface area contributed by atoms with E-state index in [1.165, 1.54) is 18.2 Å². The van der Waals surface area contributed by atoms with Crippen LogP contribution in [-0.2, 0) is 6.42 Å². The standard InChI is InChI=1S/C16H16ClFN2O/c1-10(8-11-2-5-13(18)6-3-11)20-16(21)14-9-12(17)4-7-15(14)19/h2-7,9-10H,8,19H2,1H3,(H,20,21). The number of hydrogen-bond donors (Lipinski definition) is 2. The number of nitrogens with one attached hydrogen (secondary N) is 1. The molecule has 3 nitrogen and oxygen atoms in total. The van der Waals surface area contributed by atoms with E-state index in [1.807, 2.05) is 6.92 Å². The van der Waals surface area contributed by atoms with Gasteiger partial charge in [-0.15, -0.1) is 0 Å². The van der Waals surface area contributed by atoms with Gasteiger partial charge in [0.05, 0.1) is 5.56 Å². The molecule has 1 amide bonds. The minimum atomic E-state index is -0.276. The minimum Gasteiger partial charge on any atom is -0.398 e. The number of hydrogen-bond acceptors (Lipinski definition) is 2. The maximum atomic E-state index is 12.8. The van der Waals surface area contributed by atoms with Gasteiger partial charge in [0, 0.05) is 16.8 Å². The molecule has 3 N–H and O–H groups in total. The van der Waals surface area contributed by atoms with Crippen LogP contribution in [-0.4, -0.2) is 11.9 Å². The van der Waals surface area contributed by atoms with Gasteiger partial charge in [-0.2, -0.15) is 0 Å². The van der Waals surface area contributed by atoms with Crippen molar-refractivity contribution in [2.24, 2.45) is 0 Å². The quantitative estimate of drug-likeness (QED) is 0.850. The Hall–Kier alpha value is -2.07. The number of nitrogen functional groups attached to an aromatic ring is 1. The van der Waals surface area contributed by atoms with E-state index < -0.39 is 0 Å². The predicted octanol–water partition coefficient (Wildman–Crippen LogP) is 3.42. The Balaban J connectivity index is 2.01. The summed E-state index contributed by atoms with van der Waals surface area (Å²) in [5.41, 5.74) is 7.46. The number of amides is 1. The van der Waals surface area contributed by atoms with Crippen LogP contribution in [0.2, 0.25) is 5.02 Å². The third-order valence-corrected chi connectivity index (χ3v) is 3.33. The van der Waals surface area contributed by atoms with Crippen LogP contribution in [0.5, 0.6) is 0 Å². The van der Waals surface area contributed by atoms with Gasteiger partial charge >= 0.3 is 0 Å². The number of carbonyl (C=O) groups excluding carboxylic acids is 1. The summed E-state index contributed by atoms with van der Waals surface area (Å²) in [4.78, 5) is 12.2. The molecule has 0 aliphatic heterocycles. The molecule has 2 rings (SSSR count). The fourth-order valence-corrected chi connectivity index (χ4v) is 2.22. The fourth-order valence-electron chi connectivity index (χ4n) is 2.05.